The summed E-state index contributed by atoms with van der Waals surface area (Å²) in [5.41, 5.74) is 1.28. The lowest BCUT2D eigenvalue weighted by Gasteiger charge is -2.09. The van der Waals surface area contributed by atoms with Gasteiger partial charge in [0, 0.05) is 15.1 Å². The Morgan fingerprint density at radius 3 is 2.39 bits per heavy atom. The monoisotopic (exact) mass is 342 g/mol. The maximum Gasteiger partial charge on any atom is 0.185 e. The molecule has 1 atom stereocenters. The Hall–Kier alpha value is -0.830. The molecule has 18 heavy (non-hydrogen) atoms. The second-order valence-electron chi connectivity index (χ2n) is 3.80. The van der Waals surface area contributed by atoms with E-state index in [0.29, 0.717) is 10.6 Å². The average molecular weight is 344 g/mol. The number of hydrogen-bond donors (Lipinski definition) is 0. The molecule has 0 fully saturated rings. The van der Waals surface area contributed by atoms with E-state index >= 15 is 0 Å². The summed E-state index contributed by atoms with van der Waals surface area (Å²) in [4.78, 5) is 12.2. The van der Waals surface area contributed by atoms with E-state index in [1.807, 2.05) is 30.3 Å². The third-order valence-electron chi connectivity index (χ3n) is 2.47. The fourth-order valence-electron chi connectivity index (χ4n) is 1.62. The first kappa shape index (κ1) is 13.6. The number of halogens is 3. The van der Waals surface area contributed by atoms with Crippen molar-refractivity contribution in [1.29, 1.82) is 0 Å². The summed E-state index contributed by atoms with van der Waals surface area (Å²) in [6.45, 7) is 0. The Balaban J connectivity index is 2.31. The van der Waals surface area contributed by atoms with Crippen LogP contribution in [0.25, 0.3) is 0 Å². The van der Waals surface area contributed by atoms with Crippen molar-refractivity contribution in [2.75, 3.05) is 0 Å². The normalized spacial score (nSPS) is 12.2. The van der Waals surface area contributed by atoms with Gasteiger partial charge >= 0.3 is 0 Å². The van der Waals surface area contributed by atoms with Crippen LogP contribution in [-0.2, 0) is 0 Å². The lowest BCUT2D eigenvalue weighted by molar-refractivity contribution is 0.0987. The molecule has 0 aliphatic rings. The molecule has 0 spiro atoms. The van der Waals surface area contributed by atoms with Crippen LogP contribution in [-0.4, -0.2) is 5.78 Å². The maximum atomic E-state index is 12.2. The summed E-state index contributed by atoms with van der Waals surface area (Å²) in [6.07, 6.45) is 0. The van der Waals surface area contributed by atoms with Gasteiger partial charge in [0.05, 0.1) is 0 Å². The molecule has 0 N–H and O–H groups in total. The van der Waals surface area contributed by atoms with Crippen molar-refractivity contribution in [3.05, 3.63) is 69.2 Å². The Morgan fingerprint density at radius 1 is 1.11 bits per heavy atom. The van der Waals surface area contributed by atoms with E-state index in [4.69, 9.17) is 23.2 Å². The van der Waals surface area contributed by atoms with E-state index in [9.17, 15) is 4.79 Å². The minimum Gasteiger partial charge on any atom is -0.292 e. The molecule has 0 saturated heterocycles. The lowest BCUT2D eigenvalue weighted by Crippen LogP contribution is -2.07. The molecule has 0 heterocycles. The minimum atomic E-state index is -0.698. The SMILES string of the molecule is O=C(c1cc(Cl)cc(Br)c1)C(Cl)c1ccccc1. The second kappa shape index (κ2) is 5.87. The van der Waals surface area contributed by atoms with Gasteiger partial charge in [0.15, 0.2) is 5.78 Å². The van der Waals surface area contributed by atoms with E-state index in [2.05, 4.69) is 15.9 Å². The van der Waals surface area contributed by atoms with Gasteiger partial charge in [0.1, 0.15) is 5.38 Å². The van der Waals surface area contributed by atoms with Crippen molar-refractivity contribution >= 4 is 44.9 Å². The van der Waals surface area contributed by atoms with Crippen LogP contribution in [0.4, 0.5) is 0 Å². The van der Waals surface area contributed by atoms with Gasteiger partial charge in [-0.1, -0.05) is 57.9 Å². The van der Waals surface area contributed by atoms with Gasteiger partial charge in [0.2, 0.25) is 0 Å². The maximum absolute atomic E-state index is 12.2. The topological polar surface area (TPSA) is 17.1 Å². The van der Waals surface area contributed by atoms with Crippen molar-refractivity contribution in [3.63, 3.8) is 0 Å². The van der Waals surface area contributed by atoms with Gasteiger partial charge in [-0.2, -0.15) is 0 Å². The number of Topliss-reactive ketones (excluding diaryl/α,β-unsaturated/α-hetero) is 1. The molecular weight excluding hydrogens is 335 g/mol. The van der Waals surface area contributed by atoms with Gasteiger partial charge in [0.25, 0.3) is 0 Å². The molecule has 1 unspecified atom stereocenters. The van der Waals surface area contributed by atoms with Gasteiger partial charge < -0.3 is 0 Å². The largest absolute Gasteiger partial charge is 0.292 e. The van der Waals surface area contributed by atoms with Crippen molar-refractivity contribution < 1.29 is 4.79 Å². The quantitative estimate of drug-likeness (QED) is 0.548. The van der Waals surface area contributed by atoms with E-state index < -0.39 is 5.38 Å². The van der Waals surface area contributed by atoms with Crippen LogP contribution in [0.5, 0.6) is 0 Å². The van der Waals surface area contributed by atoms with Crippen molar-refractivity contribution in [2.45, 2.75) is 5.38 Å². The highest BCUT2D eigenvalue weighted by atomic mass is 79.9. The number of alkyl halides is 1. The number of carbonyl (C=O) groups excluding carboxylic acids is 1. The van der Waals surface area contributed by atoms with Crippen molar-refractivity contribution in [1.82, 2.24) is 0 Å². The first-order valence-electron chi connectivity index (χ1n) is 5.27. The van der Waals surface area contributed by atoms with Gasteiger partial charge in [-0.25, -0.2) is 0 Å². The van der Waals surface area contributed by atoms with E-state index in [1.54, 1.807) is 18.2 Å². The zero-order chi connectivity index (χ0) is 13.1. The fourth-order valence-corrected chi connectivity index (χ4v) is 2.75. The molecular formula is C14H9BrCl2O. The lowest BCUT2D eigenvalue weighted by atomic mass is 10.0. The van der Waals surface area contributed by atoms with Gasteiger partial charge in [-0.15, -0.1) is 11.6 Å². The highest BCUT2D eigenvalue weighted by molar-refractivity contribution is 9.10. The number of benzene rings is 2. The first-order chi connectivity index (χ1) is 8.58. The Morgan fingerprint density at radius 2 is 1.78 bits per heavy atom. The molecule has 0 bridgehead atoms. The van der Waals surface area contributed by atoms with Crippen LogP contribution in [0, 0.1) is 0 Å². The molecule has 4 heteroatoms. The molecule has 2 aromatic carbocycles. The molecule has 0 aromatic heterocycles. The third kappa shape index (κ3) is 3.14. The molecule has 2 rings (SSSR count). The predicted octanol–water partition coefficient (Wildman–Crippen LogP) is 5.27. The van der Waals surface area contributed by atoms with Crippen molar-refractivity contribution in [2.24, 2.45) is 0 Å². The predicted molar refractivity (Wildman–Crippen MR) is 78.5 cm³/mol. The molecule has 2 aromatic rings. The molecule has 1 nitrogen and oxygen atoms in total. The molecule has 0 radical (unpaired) electrons. The van der Waals surface area contributed by atoms with Crippen molar-refractivity contribution in [3.8, 4) is 0 Å². The first-order valence-corrected chi connectivity index (χ1v) is 6.88. The van der Waals surface area contributed by atoms with E-state index in [-0.39, 0.29) is 5.78 Å². The summed E-state index contributed by atoms with van der Waals surface area (Å²) in [7, 11) is 0. The fraction of sp³-hybridized carbons (Fsp3) is 0.0714. The minimum absolute atomic E-state index is 0.161. The van der Waals surface area contributed by atoms with E-state index in [1.165, 1.54) is 0 Å². The third-order valence-corrected chi connectivity index (χ3v) is 3.60. The summed E-state index contributed by atoms with van der Waals surface area (Å²) in [5, 5.41) is -0.193. The number of hydrogen-bond acceptors (Lipinski definition) is 1. The molecule has 0 saturated carbocycles. The summed E-state index contributed by atoms with van der Waals surface area (Å²) < 4.78 is 0.760. The molecule has 0 aliphatic carbocycles. The van der Waals surface area contributed by atoms with E-state index in [0.717, 1.165) is 10.0 Å². The highest BCUT2D eigenvalue weighted by Crippen LogP contribution is 2.28. The van der Waals surface area contributed by atoms with Crippen LogP contribution in [0.3, 0.4) is 0 Å². The number of ketones is 1. The standard InChI is InChI=1S/C14H9BrCl2O/c15-11-6-10(7-12(16)8-11)14(18)13(17)9-4-2-1-3-5-9/h1-8,13H. The summed E-state index contributed by atoms with van der Waals surface area (Å²) >= 11 is 15.4. The summed E-state index contributed by atoms with van der Waals surface area (Å²) in [5.74, 6) is -0.161. The van der Waals surface area contributed by atoms with Crippen LogP contribution in [0.1, 0.15) is 21.3 Å². The average Bonchev–Trinajstić information content (AvgIpc) is 2.37. The Kier molecular flexibility index (Phi) is 4.44. The number of carbonyl (C=O) groups is 1. The zero-order valence-corrected chi connectivity index (χ0v) is 12.3. The van der Waals surface area contributed by atoms with Crippen LogP contribution in [0.2, 0.25) is 5.02 Å². The smallest absolute Gasteiger partial charge is 0.185 e. The molecule has 0 aliphatic heterocycles. The second-order valence-corrected chi connectivity index (χ2v) is 5.58. The molecule has 0 amide bonds. The molecule has 92 valence electrons. The van der Waals surface area contributed by atoms with Crippen LogP contribution >= 0.6 is 39.1 Å². The Bertz CT molecular complexity index is 549. The van der Waals surface area contributed by atoms with Crippen LogP contribution in [0.15, 0.2) is 53.0 Å². The van der Waals surface area contributed by atoms with Gasteiger partial charge in [-0.3, -0.25) is 4.79 Å². The number of rotatable bonds is 3. The van der Waals surface area contributed by atoms with Crippen LogP contribution < -0.4 is 0 Å². The zero-order valence-electron chi connectivity index (χ0n) is 9.24. The highest BCUT2D eigenvalue weighted by Gasteiger charge is 2.19. The van der Waals surface area contributed by atoms with Gasteiger partial charge in [-0.05, 0) is 23.8 Å². The summed E-state index contributed by atoms with van der Waals surface area (Å²) in [6, 6.07) is 14.3. The Labute approximate surface area is 124 Å².